The van der Waals surface area contributed by atoms with Gasteiger partial charge in [0.25, 0.3) is 0 Å². The highest BCUT2D eigenvalue weighted by molar-refractivity contribution is 5.89. The van der Waals surface area contributed by atoms with Crippen LogP contribution in [0.25, 0.3) is 11.4 Å². The summed E-state index contributed by atoms with van der Waals surface area (Å²) in [7, 11) is 1.76. The number of amides is 2. The topological polar surface area (TPSA) is 91.9 Å². The summed E-state index contributed by atoms with van der Waals surface area (Å²) >= 11 is 0. The molecule has 9 heteroatoms. The Balaban J connectivity index is 0.00000241. The van der Waals surface area contributed by atoms with Crippen molar-refractivity contribution >= 4 is 17.5 Å². The number of fused-ring (bicyclic) bond motifs is 1. The van der Waals surface area contributed by atoms with E-state index in [1.807, 2.05) is 31.2 Å². The average molecular weight is 487 g/mol. The minimum Gasteiger partial charge on any atom is -0.385 e. The minimum atomic E-state index is -0.209. The first-order chi connectivity index (χ1) is 17.1. The normalized spacial score (nSPS) is 18.3. The van der Waals surface area contributed by atoms with Crippen LogP contribution < -0.4 is 15.5 Å². The maximum atomic E-state index is 11.8. The lowest BCUT2D eigenvalue weighted by Gasteiger charge is -2.37. The molecule has 4 rings (SSSR count). The summed E-state index contributed by atoms with van der Waals surface area (Å²) in [6, 6.07) is 7.80. The van der Waals surface area contributed by atoms with Crippen LogP contribution in [0.5, 0.6) is 0 Å². The number of benzene rings is 1. The van der Waals surface area contributed by atoms with Crippen LogP contribution >= 0.6 is 0 Å². The number of nitrogens with one attached hydrogen (secondary N) is 2. The first-order valence-corrected chi connectivity index (χ1v) is 12.7. The van der Waals surface area contributed by atoms with Crippen molar-refractivity contribution in [3.63, 3.8) is 0 Å². The number of ether oxygens (including phenoxy) is 2. The molecule has 0 saturated carbocycles. The summed E-state index contributed by atoms with van der Waals surface area (Å²) < 4.78 is 10.9. The van der Waals surface area contributed by atoms with Crippen molar-refractivity contribution in [3.05, 3.63) is 35.5 Å². The molecular formula is C26H42N6O3. The van der Waals surface area contributed by atoms with Crippen LogP contribution in [0.15, 0.2) is 24.3 Å². The van der Waals surface area contributed by atoms with E-state index < -0.39 is 0 Å². The molecule has 1 atom stereocenters. The molecule has 1 aromatic heterocycles. The number of anilines is 2. The van der Waals surface area contributed by atoms with Crippen LogP contribution in [0.2, 0.25) is 0 Å². The lowest BCUT2D eigenvalue weighted by atomic mass is 10.0. The van der Waals surface area contributed by atoms with Crippen molar-refractivity contribution in [1.29, 1.82) is 0 Å². The van der Waals surface area contributed by atoms with Crippen LogP contribution in [-0.2, 0) is 22.4 Å². The quantitative estimate of drug-likeness (QED) is 0.521. The summed E-state index contributed by atoms with van der Waals surface area (Å²) in [4.78, 5) is 26.8. The molecule has 194 valence electrons. The van der Waals surface area contributed by atoms with Crippen LogP contribution in [0.1, 0.15) is 40.8 Å². The molecule has 0 unspecified atom stereocenters. The Hall–Kier alpha value is -2.75. The highest BCUT2D eigenvalue weighted by Crippen LogP contribution is 2.31. The van der Waals surface area contributed by atoms with Crippen molar-refractivity contribution in [3.8, 4) is 11.4 Å². The number of nitrogens with zero attached hydrogens (tertiary/aromatic N) is 4. The fourth-order valence-corrected chi connectivity index (χ4v) is 4.68. The maximum Gasteiger partial charge on any atom is 0.319 e. The fraction of sp³-hybridized carbons (Fsp3) is 0.577. The molecule has 9 nitrogen and oxygen atoms in total. The van der Waals surface area contributed by atoms with Gasteiger partial charge in [-0.1, -0.05) is 0 Å². The molecule has 0 aliphatic carbocycles. The van der Waals surface area contributed by atoms with Crippen LogP contribution in [0.3, 0.4) is 0 Å². The van der Waals surface area contributed by atoms with Gasteiger partial charge in [-0.25, -0.2) is 14.8 Å². The molecule has 2 amide bonds. The van der Waals surface area contributed by atoms with Gasteiger partial charge >= 0.3 is 6.03 Å². The lowest BCUT2D eigenvalue weighted by molar-refractivity contribution is 0.0983. The smallest absolute Gasteiger partial charge is 0.319 e. The van der Waals surface area contributed by atoms with E-state index in [4.69, 9.17) is 19.4 Å². The van der Waals surface area contributed by atoms with E-state index in [0.717, 1.165) is 80.6 Å². The Morgan fingerprint density at radius 3 is 2.80 bits per heavy atom. The number of unbranched alkanes of at least 4 members (excludes halogenated alkanes) is 1. The van der Waals surface area contributed by atoms with Crippen LogP contribution in [0, 0.1) is 0 Å². The van der Waals surface area contributed by atoms with Crippen molar-refractivity contribution in [2.75, 3.05) is 63.3 Å². The van der Waals surface area contributed by atoms with Gasteiger partial charge in [0, 0.05) is 59.6 Å². The molecule has 2 aromatic rings. The first-order valence-electron chi connectivity index (χ1n) is 12.7. The standard InChI is InChI=1S/C26H38N6O3.2H2/c1-4-27-26(33)28-21-9-7-20(8-10-21)24-29-23-17-31(12-5-6-15-34-3)13-11-22(23)25(30-24)32-14-16-35-18-19(32)2;;/h7-10,19H,4-6,11-18H2,1-3H3,(H2,27,28,33);2*1H/t19-;;/m0../s1. The van der Waals surface area contributed by atoms with Gasteiger partial charge in [0.1, 0.15) is 5.82 Å². The molecule has 0 spiro atoms. The summed E-state index contributed by atoms with van der Waals surface area (Å²) in [5, 5.41) is 5.59. The largest absolute Gasteiger partial charge is 0.385 e. The second kappa shape index (κ2) is 12.3. The molecule has 0 bridgehead atoms. The molecule has 35 heavy (non-hydrogen) atoms. The van der Waals surface area contributed by atoms with Crippen molar-refractivity contribution in [2.45, 2.75) is 45.7 Å². The van der Waals surface area contributed by atoms with Crippen LogP contribution in [0.4, 0.5) is 16.3 Å². The van der Waals surface area contributed by atoms with Gasteiger partial charge in [0.15, 0.2) is 5.82 Å². The van der Waals surface area contributed by atoms with Crippen molar-refractivity contribution in [2.24, 2.45) is 0 Å². The SMILES string of the molecule is CCNC(=O)Nc1ccc(-c2nc3c(c(N4CCOC[C@@H]4C)n2)CCN(CCCCOC)C3)cc1.[HH].[HH]. The molecule has 3 heterocycles. The Labute approximate surface area is 211 Å². The molecule has 2 N–H and O–H groups in total. The zero-order valence-electron chi connectivity index (χ0n) is 21.2. The molecule has 2 aliphatic rings. The van der Waals surface area contributed by atoms with E-state index in [-0.39, 0.29) is 14.9 Å². The second-order valence-electron chi connectivity index (χ2n) is 9.20. The van der Waals surface area contributed by atoms with Crippen molar-refractivity contribution in [1.82, 2.24) is 20.2 Å². The highest BCUT2D eigenvalue weighted by atomic mass is 16.5. The second-order valence-corrected chi connectivity index (χ2v) is 9.20. The monoisotopic (exact) mass is 486 g/mol. The number of aromatic nitrogens is 2. The van der Waals surface area contributed by atoms with Crippen molar-refractivity contribution < 1.29 is 17.1 Å². The van der Waals surface area contributed by atoms with E-state index in [0.29, 0.717) is 19.8 Å². The number of hydrogen-bond donors (Lipinski definition) is 2. The summed E-state index contributed by atoms with van der Waals surface area (Å²) in [6.45, 7) is 10.6. The summed E-state index contributed by atoms with van der Waals surface area (Å²) in [5.41, 5.74) is 4.06. The van der Waals surface area contributed by atoms with Gasteiger partial charge in [0.2, 0.25) is 0 Å². The predicted molar refractivity (Wildman–Crippen MR) is 142 cm³/mol. The zero-order valence-corrected chi connectivity index (χ0v) is 21.2. The number of methoxy groups -OCH3 is 1. The zero-order chi connectivity index (χ0) is 24.6. The lowest BCUT2D eigenvalue weighted by Crippen LogP contribution is -2.45. The maximum absolute atomic E-state index is 11.8. The number of morpholine rings is 1. The van der Waals surface area contributed by atoms with Gasteiger partial charge < -0.3 is 25.0 Å². The highest BCUT2D eigenvalue weighted by Gasteiger charge is 2.28. The molecule has 2 aliphatic heterocycles. The third-order valence-corrected chi connectivity index (χ3v) is 6.57. The average Bonchev–Trinajstić information content (AvgIpc) is 2.87. The van der Waals surface area contributed by atoms with E-state index >= 15 is 0 Å². The summed E-state index contributed by atoms with van der Waals surface area (Å²) in [5.74, 6) is 1.77. The van der Waals surface area contributed by atoms with E-state index in [9.17, 15) is 4.79 Å². The van der Waals surface area contributed by atoms with Gasteiger partial charge in [-0.3, -0.25) is 4.90 Å². The van der Waals surface area contributed by atoms with Gasteiger partial charge in [0.05, 0.1) is 24.9 Å². The number of rotatable bonds is 9. The third kappa shape index (κ3) is 6.48. The number of carbonyl (C=O) groups excluding carboxylic acids is 1. The Morgan fingerprint density at radius 2 is 2.06 bits per heavy atom. The molecular weight excluding hydrogens is 444 g/mol. The minimum absolute atomic E-state index is 0. The molecule has 1 fully saturated rings. The molecule has 1 aromatic carbocycles. The van der Waals surface area contributed by atoms with Gasteiger partial charge in [-0.2, -0.15) is 0 Å². The Kier molecular flexibility index (Phi) is 8.90. The van der Waals surface area contributed by atoms with E-state index in [2.05, 4.69) is 27.4 Å². The first kappa shape index (κ1) is 25.3. The van der Waals surface area contributed by atoms with Gasteiger partial charge in [-0.15, -0.1) is 0 Å². The number of urea groups is 1. The predicted octanol–water partition coefficient (Wildman–Crippen LogP) is 3.79. The number of hydrogen-bond acceptors (Lipinski definition) is 7. The van der Waals surface area contributed by atoms with E-state index in [1.54, 1.807) is 7.11 Å². The van der Waals surface area contributed by atoms with Crippen LogP contribution in [-0.4, -0.2) is 80.1 Å². The Morgan fingerprint density at radius 1 is 1.23 bits per heavy atom. The third-order valence-electron chi connectivity index (χ3n) is 6.57. The molecule has 1 saturated heterocycles. The fourth-order valence-electron chi connectivity index (χ4n) is 4.68. The van der Waals surface area contributed by atoms with E-state index in [1.165, 1.54) is 5.56 Å². The summed E-state index contributed by atoms with van der Waals surface area (Å²) in [6.07, 6.45) is 3.14. The van der Waals surface area contributed by atoms with Gasteiger partial charge in [-0.05, 0) is 63.9 Å². The molecule has 0 radical (unpaired) electrons. The number of carbonyl (C=O) groups is 1. The Bertz CT molecular complexity index is 995.